The van der Waals surface area contributed by atoms with E-state index in [2.05, 4.69) is 18.2 Å². The second-order valence-electron chi connectivity index (χ2n) is 5.09. The zero-order chi connectivity index (χ0) is 15.0. The molecule has 4 nitrogen and oxygen atoms in total. The lowest BCUT2D eigenvalue weighted by Crippen LogP contribution is -1.97. The molecular weight excluding hydrogens is 262 g/mol. The van der Waals surface area contributed by atoms with Gasteiger partial charge in [-0.05, 0) is 57.2 Å². The summed E-state index contributed by atoms with van der Waals surface area (Å²) in [6.45, 7) is 6.77. The Morgan fingerprint density at radius 2 is 1.81 bits per heavy atom. The van der Waals surface area contributed by atoms with Crippen molar-refractivity contribution in [1.29, 1.82) is 0 Å². The van der Waals surface area contributed by atoms with Crippen LogP contribution in [0.1, 0.15) is 18.3 Å². The lowest BCUT2D eigenvalue weighted by molar-refractivity contribution is 0.340. The highest BCUT2D eigenvalue weighted by atomic mass is 16.5. The van der Waals surface area contributed by atoms with E-state index >= 15 is 0 Å². The van der Waals surface area contributed by atoms with Crippen LogP contribution in [-0.2, 0) is 0 Å². The molecule has 0 bridgehead atoms. The van der Waals surface area contributed by atoms with Gasteiger partial charge >= 0.3 is 0 Å². The average molecular weight is 281 g/mol. The number of anilines is 1. The fraction of sp³-hybridized carbons (Fsp3) is 0.235. The van der Waals surface area contributed by atoms with E-state index in [9.17, 15) is 0 Å². The number of aromatic nitrogens is 2. The van der Waals surface area contributed by atoms with Gasteiger partial charge in [-0.3, -0.25) is 4.40 Å². The van der Waals surface area contributed by atoms with Crippen molar-refractivity contribution in [3.8, 4) is 17.0 Å². The third-order valence-corrected chi connectivity index (χ3v) is 3.66. The van der Waals surface area contributed by atoms with Crippen LogP contribution < -0.4 is 10.5 Å². The molecule has 0 saturated heterocycles. The molecule has 0 aliphatic carbocycles. The highest BCUT2D eigenvalue weighted by molar-refractivity contribution is 5.74. The van der Waals surface area contributed by atoms with E-state index in [-0.39, 0.29) is 0 Å². The smallest absolute Gasteiger partial charge is 0.161 e. The van der Waals surface area contributed by atoms with Crippen molar-refractivity contribution in [2.75, 3.05) is 12.3 Å². The van der Waals surface area contributed by atoms with Crippen molar-refractivity contribution in [3.05, 3.63) is 47.8 Å². The topological polar surface area (TPSA) is 52.5 Å². The van der Waals surface area contributed by atoms with Crippen LogP contribution in [0.2, 0.25) is 0 Å². The maximum absolute atomic E-state index is 6.05. The van der Waals surface area contributed by atoms with Crippen LogP contribution in [0.15, 0.2) is 36.4 Å². The van der Waals surface area contributed by atoms with Crippen molar-refractivity contribution in [2.24, 2.45) is 0 Å². The van der Waals surface area contributed by atoms with Crippen LogP contribution in [0.25, 0.3) is 16.9 Å². The Kier molecular flexibility index (Phi) is 3.29. The Morgan fingerprint density at radius 1 is 1.10 bits per heavy atom. The molecule has 2 heterocycles. The molecule has 0 radical (unpaired) electrons. The summed E-state index contributed by atoms with van der Waals surface area (Å²) in [4.78, 5) is 4.72. The number of aryl methyl sites for hydroxylation is 2. The van der Waals surface area contributed by atoms with Crippen LogP contribution in [0.5, 0.6) is 5.75 Å². The molecule has 3 rings (SSSR count). The van der Waals surface area contributed by atoms with E-state index in [1.165, 1.54) is 0 Å². The molecule has 3 aromatic rings. The largest absolute Gasteiger partial charge is 0.494 e. The highest BCUT2D eigenvalue weighted by Gasteiger charge is 2.13. The Morgan fingerprint density at radius 3 is 2.43 bits per heavy atom. The summed E-state index contributed by atoms with van der Waals surface area (Å²) in [5.74, 6) is 0.873. The van der Waals surface area contributed by atoms with Crippen molar-refractivity contribution in [1.82, 2.24) is 9.38 Å². The lowest BCUT2D eigenvalue weighted by Gasteiger charge is -2.05. The normalized spacial score (nSPS) is 11.0. The Balaban J connectivity index is 2.14. The second kappa shape index (κ2) is 5.13. The monoisotopic (exact) mass is 281 g/mol. The van der Waals surface area contributed by atoms with Crippen molar-refractivity contribution < 1.29 is 4.74 Å². The first kappa shape index (κ1) is 13.5. The van der Waals surface area contributed by atoms with Gasteiger partial charge in [0.05, 0.1) is 18.0 Å². The van der Waals surface area contributed by atoms with Gasteiger partial charge in [-0.2, -0.15) is 0 Å². The minimum Gasteiger partial charge on any atom is -0.494 e. The molecule has 0 aliphatic heterocycles. The number of benzene rings is 1. The molecule has 0 spiro atoms. The number of ether oxygens (including phenoxy) is 1. The van der Waals surface area contributed by atoms with Crippen molar-refractivity contribution >= 4 is 11.3 Å². The number of hydrogen-bond donors (Lipinski definition) is 1. The zero-order valence-corrected chi connectivity index (χ0v) is 12.6. The van der Waals surface area contributed by atoms with Crippen LogP contribution in [0.3, 0.4) is 0 Å². The zero-order valence-electron chi connectivity index (χ0n) is 12.6. The average Bonchev–Trinajstić information content (AvgIpc) is 2.83. The van der Waals surface area contributed by atoms with E-state index in [4.69, 9.17) is 15.5 Å². The number of rotatable bonds is 3. The Labute approximate surface area is 124 Å². The van der Waals surface area contributed by atoms with E-state index in [0.717, 1.165) is 34.0 Å². The first-order valence-corrected chi connectivity index (χ1v) is 7.09. The van der Waals surface area contributed by atoms with Crippen LogP contribution >= 0.6 is 0 Å². The quantitative estimate of drug-likeness (QED) is 0.798. The van der Waals surface area contributed by atoms with Gasteiger partial charge in [-0.25, -0.2) is 4.98 Å². The molecule has 1 aromatic carbocycles. The van der Waals surface area contributed by atoms with Gasteiger partial charge in [-0.15, -0.1) is 0 Å². The van der Waals surface area contributed by atoms with Crippen molar-refractivity contribution in [3.63, 3.8) is 0 Å². The number of hydrogen-bond acceptors (Lipinski definition) is 3. The van der Waals surface area contributed by atoms with Gasteiger partial charge < -0.3 is 10.5 Å². The Bertz CT molecular complexity index is 788. The molecule has 108 valence electrons. The first-order valence-electron chi connectivity index (χ1n) is 7.09. The molecule has 2 aromatic heterocycles. The maximum Gasteiger partial charge on any atom is 0.161 e. The van der Waals surface area contributed by atoms with Gasteiger partial charge in [0.25, 0.3) is 0 Å². The van der Waals surface area contributed by atoms with Crippen LogP contribution in [0, 0.1) is 13.8 Å². The van der Waals surface area contributed by atoms with Crippen molar-refractivity contribution in [2.45, 2.75) is 20.8 Å². The minimum absolute atomic E-state index is 0.669. The summed E-state index contributed by atoms with van der Waals surface area (Å²) in [7, 11) is 0. The van der Waals surface area contributed by atoms with E-state index in [0.29, 0.717) is 12.3 Å². The van der Waals surface area contributed by atoms with Gasteiger partial charge in [0, 0.05) is 17.0 Å². The number of nitrogens with two attached hydrogens (primary N) is 1. The molecule has 4 heteroatoms. The second-order valence-corrected chi connectivity index (χ2v) is 5.09. The minimum atomic E-state index is 0.669. The SMILES string of the molecule is CCOc1ccc(-c2nc3c(N)ccc(C)n3c2C)cc1. The standard InChI is InChI=1S/C17H19N3O/c1-4-21-14-8-6-13(7-9-14)16-12(3)20-11(2)5-10-15(18)17(20)19-16/h5-10H,4,18H2,1-3H3. The first-order chi connectivity index (χ1) is 10.1. The predicted octanol–water partition coefficient (Wildman–Crippen LogP) is 3.60. The summed E-state index contributed by atoms with van der Waals surface area (Å²) >= 11 is 0. The van der Waals surface area contributed by atoms with Crippen LogP contribution in [-0.4, -0.2) is 16.0 Å². The third-order valence-electron chi connectivity index (χ3n) is 3.66. The molecule has 0 aliphatic rings. The summed E-state index contributed by atoms with van der Waals surface area (Å²) in [6.07, 6.45) is 0. The molecule has 0 amide bonds. The summed E-state index contributed by atoms with van der Waals surface area (Å²) in [5, 5.41) is 0. The number of imidazole rings is 1. The number of nitrogens with zero attached hydrogens (tertiary/aromatic N) is 2. The highest BCUT2D eigenvalue weighted by Crippen LogP contribution is 2.28. The maximum atomic E-state index is 6.05. The van der Waals surface area contributed by atoms with Gasteiger partial charge in [0.1, 0.15) is 5.75 Å². The van der Waals surface area contributed by atoms with Gasteiger partial charge in [0.2, 0.25) is 0 Å². The Hall–Kier alpha value is -2.49. The van der Waals surface area contributed by atoms with Gasteiger partial charge in [0.15, 0.2) is 5.65 Å². The fourth-order valence-electron chi connectivity index (χ4n) is 2.64. The van der Waals surface area contributed by atoms with E-state index in [1.807, 2.05) is 43.3 Å². The summed E-state index contributed by atoms with van der Waals surface area (Å²) < 4.78 is 7.58. The molecule has 0 saturated carbocycles. The molecule has 2 N–H and O–H groups in total. The molecular formula is C17H19N3O. The fourth-order valence-corrected chi connectivity index (χ4v) is 2.64. The third kappa shape index (κ3) is 2.23. The summed E-state index contributed by atoms with van der Waals surface area (Å²) in [6, 6.07) is 11.9. The van der Waals surface area contributed by atoms with Gasteiger partial charge in [-0.1, -0.05) is 0 Å². The molecule has 0 unspecified atom stereocenters. The van der Waals surface area contributed by atoms with E-state index < -0.39 is 0 Å². The molecule has 21 heavy (non-hydrogen) atoms. The number of nitrogen functional groups attached to an aromatic ring is 1. The lowest BCUT2D eigenvalue weighted by atomic mass is 10.1. The predicted molar refractivity (Wildman–Crippen MR) is 85.7 cm³/mol. The number of fused-ring (bicyclic) bond motifs is 1. The molecule has 0 atom stereocenters. The van der Waals surface area contributed by atoms with Crippen LogP contribution in [0.4, 0.5) is 5.69 Å². The van der Waals surface area contributed by atoms with E-state index in [1.54, 1.807) is 0 Å². The molecule has 0 fully saturated rings. The summed E-state index contributed by atoms with van der Waals surface area (Å²) in [5.41, 5.74) is 11.8. The number of pyridine rings is 1.